The van der Waals surface area contributed by atoms with Crippen LogP contribution in [0, 0.1) is 0 Å². The van der Waals surface area contributed by atoms with Gasteiger partial charge in [0.25, 0.3) is 5.91 Å². The SMILES string of the molecule is O=C(Cc1csc(NC(=O)c2cnccn2)n1)Nc1nc2c(s1)CCCC2. The third kappa shape index (κ3) is 4.34. The number of fused-ring (bicyclic) bond motifs is 1. The Balaban J connectivity index is 1.34. The number of nitrogens with zero attached hydrogens (tertiary/aromatic N) is 4. The van der Waals surface area contributed by atoms with Crippen LogP contribution in [0.3, 0.4) is 0 Å². The van der Waals surface area contributed by atoms with Gasteiger partial charge in [-0.15, -0.1) is 22.7 Å². The van der Waals surface area contributed by atoms with E-state index in [-0.39, 0.29) is 23.9 Å². The number of thiazole rings is 2. The van der Waals surface area contributed by atoms with Crippen LogP contribution in [0.5, 0.6) is 0 Å². The highest BCUT2D eigenvalue weighted by Crippen LogP contribution is 2.29. The zero-order valence-electron chi connectivity index (χ0n) is 14.3. The van der Waals surface area contributed by atoms with Crippen molar-refractivity contribution in [3.8, 4) is 0 Å². The fourth-order valence-corrected chi connectivity index (χ4v) is 4.53. The van der Waals surface area contributed by atoms with Crippen LogP contribution >= 0.6 is 22.7 Å². The first-order valence-corrected chi connectivity index (χ1v) is 10.2. The van der Waals surface area contributed by atoms with Gasteiger partial charge in [-0.2, -0.15) is 0 Å². The third-order valence-electron chi connectivity index (χ3n) is 4.00. The summed E-state index contributed by atoms with van der Waals surface area (Å²) in [5.74, 6) is -0.556. The summed E-state index contributed by atoms with van der Waals surface area (Å²) < 4.78 is 0. The quantitative estimate of drug-likeness (QED) is 0.681. The molecule has 3 aromatic heterocycles. The van der Waals surface area contributed by atoms with Gasteiger partial charge in [-0.1, -0.05) is 0 Å². The fourth-order valence-electron chi connectivity index (χ4n) is 2.76. The Labute approximate surface area is 163 Å². The summed E-state index contributed by atoms with van der Waals surface area (Å²) in [6, 6.07) is 0. The largest absolute Gasteiger partial charge is 0.302 e. The summed E-state index contributed by atoms with van der Waals surface area (Å²) >= 11 is 2.81. The Morgan fingerprint density at radius 2 is 1.96 bits per heavy atom. The summed E-state index contributed by atoms with van der Waals surface area (Å²) in [4.78, 5) is 42.2. The molecule has 2 amide bonds. The molecule has 3 aromatic rings. The molecule has 2 N–H and O–H groups in total. The van der Waals surface area contributed by atoms with Crippen molar-refractivity contribution in [3.63, 3.8) is 0 Å². The van der Waals surface area contributed by atoms with E-state index in [4.69, 9.17) is 0 Å². The fraction of sp³-hybridized carbons (Fsp3) is 0.294. The first kappa shape index (κ1) is 17.7. The lowest BCUT2D eigenvalue weighted by Gasteiger charge is -2.06. The van der Waals surface area contributed by atoms with Crippen LogP contribution in [0.1, 0.15) is 39.6 Å². The standard InChI is InChI=1S/C17H16N6O2S2/c24-14(22-17-21-11-3-1-2-4-13(11)27-17)7-10-9-26-16(20-10)23-15(25)12-8-18-5-6-19-12/h5-6,8-9H,1-4,7H2,(H,20,23,25)(H,21,22,24). The van der Waals surface area contributed by atoms with Gasteiger partial charge in [0.05, 0.1) is 24.0 Å². The van der Waals surface area contributed by atoms with Crippen molar-refractivity contribution in [2.45, 2.75) is 32.1 Å². The molecule has 0 aromatic carbocycles. The molecule has 27 heavy (non-hydrogen) atoms. The Morgan fingerprint density at radius 3 is 2.78 bits per heavy atom. The number of anilines is 2. The lowest BCUT2D eigenvalue weighted by molar-refractivity contribution is -0.115. The molecular formula is C17H16N6O2S2. The van der Waals surface area contributed by atoms with E-state index in [1.54, 1.807) is 16.7 Å². The van der Waals surface area contributed by atoms with Crippen molar-refractivity contribution in [2.75, 3.05) is 10.6 Å². The average Bonchev–Trinajstić information content (AvgIpc) is 3.28. The molecule has 8 nitrogen and oxygen atoms in total. The zero-order valence-corrected chi connectivity index (χ0v) is 15.9. The molecule has 0 radical (unpaired) electrons. The van der Waals surface area contributed by atoms with Gasteiger partial charge in [0, 0.05) is 22.7 Å². The number of hydrogen-bond acceptors (Lipinski definition) is 8. The lowest BCUT2D eigenvalue weighted by Crippen LogP contribution is -2.15. The summed E-state index contributed by atoms with van der Waals surface area (Å²) in [6.07, 6.45) is 8.83. The minimum atomic E-state index is -0.387. The molecule has 4 rings (SSSR count). The van der Waals surface area contributed by atoms with Gasteiger partial charge in [-0.3, -0.25) is 19.9 Å². The Hall–Kier alpha value is -2.72. The lowest BCUT2D eigenvalue weighted by atomic mass is 10.0. The van der Waals surface area contributed by atoms with E-state index in [0.717, 1.165) is 25.0 Å². The number of aromatic nitrogens is 4. The summed E-state index contributed by atoms with van der Waals surface area (Å²) in [5, 5.41) is 8.32. The molecule has 0 fully saturated rings. The van der Waals surface area contributed by atoms with Crippen LogP contribution in [0.2, 0.25) is 0 Å². The molecule has 1 aliphatic rings. The van der Waals surface area contributed by atoms with Crippen LogP contribution in [-0.4, -0.2) is 31.8 Å². The number of aryl methyl sites for hydroxylation is 2. The van der Waals surface area contributed by atoms with Crippen LogP contribution in [0.15, 0.2) is 24.0 Å². The minimum absolute atomic E-state index is 0.127. The number of nitrogens with one attached hydrogen (secondary N) is 2. The van der Waals surface area contributed by atoms with Crippen LogP contribution in [0.4, 0.5) is 10.3 Å². The van der Waals surface area contributed by atoms with E-state index in [1.807, 2.05) is 0 Å². The molecule has 1 aliphatic carbocycles. The second-order valence-electron chi connectivity index (χ2n) is 6.01. The first-order chi connectivity index (χ1) is 13.2. The van der Waals surface area contributed by atoms with Crippen LogP contribution in [-0.2, 0) is 24.1 Å². The molecule has 0 saturated carbocycles. The van der Waals surface area contributed by atoms with E-state index in [1.165, 1.54) is 41.2 Å². The first-order valence-electron chi connectivity index (χ1n) is 8.47. The molecule has 0 bridgehead atoms. The molecular weight excluding hydrogens is 384 g/mol. The predicted octanol–water partition coefficient (Wildman–Crippen LogP) is 2.70. The smallest absolute Gasteiger partial charge is 0.277 e. The molecule has 0 spiro atoms. The second kappa shape index (κ2) is 7.89. The van der Waals surface area contributed by atoms with E-state index in [2.05, 4.69) is 30.6 Å². The maximum atomic E-state index is 12.3. The minimum Gasteiger partial charge on any atom is -0.302 e. The normalized spacial score (nSPS) is 13.0. The number of carbonyl (C=O) groups is 2. The second-order valence-corrected chi connectivity index (χ2v) is 7.95. The maximum absolute atomic E-state index is 12.3. The van der Waals surface area contributed by atoms with E-state index in [0.29, 0.717) is 16.0 Å². The third-order valence-corrected chi connectivity index (χ3v) is 5.88. The predicted molar refractivity (Wildman–Crippen MR) is 103 cm³/mol. The van der Waals surface area contributed by atoms with Crippen LogP contribution < -0.4 is 10.6 Å². The molecule has 0 unspecified atom stereocenters. The molecule has 10 heteroatoms. The Kier molecular flexibility index (Phi) is 5.16. The van der Waals surface area contributed by atoms with Gasteiger partial charge in [-0.25, -0.2) is 15.0 Å². The van der Waals surface area contributed by atoms with Gasteiger partial charge < -0.3 is 5.32 Å². The van der Waals surface area contributed by atoms with Gasteiger partial charge in [0.15, 0.2) is 10.3 Å². The Morgan fingerprint density at radius 1 is 1.07 bits per heavy atom. The van der Waals surface area contributed by atoms with E-state index < -0.39 is 0 Å². The molecule has 0 atom stereocenters. The van der Waals surface area contributed by atoms with E-state index in [9.17, 15) is 9.59 Å². The maximum Gasteiger partial charge on any atom is 0.277 e. The highest BCUT2D eigenvalue weighted by molar-refractivity contribution is 7.16. The van der Waals surface area contributed by atoms with Gasteiger partial charge in [-0.05, 0) is 25.7 Å². The van der Waals surface area contributed by atoms with Crippen molar-refractivity contribution in [1.82, 2.24) is 19.9 Å². The zero-order chi connectivity index (χ0) is 18.6. The highest BCUT2D eigenvalue weighted by Gasteiger charge is 2.17. The average molecular weight is 400 g/mol. The molecule has 0 aliphatic heterocycles. The number of amides is 2. The highest BCUT2D eigenvalue weighted by atomic mass is 32.1. The number of hydrogen-bond donors (Lipinski definition) is 2. The summed E-state index contributed by atoms with van der Waals surface area (Å²) in [6.45, 7) is 0. The van der Waals surface area contributed by atoms with Crippen molar-refractivity contribution < 1.29 is 9.59 Å². The van der Waals surface area contributed by atoms with Gasteiger partial charge in [0.1, 0.15) is 5.69 Å². The van der Waals surface area contributed by atoms with Crippen molar-refractivity contribution in [2.24, 2.45) is 0 Å². The molecule has 0 saturated heterocycles. The molecule has 138 valence electrons. The van der Waals surface area contributed by atoms with Gasteiger partial charge in [0.2, 0.25) is 5.91 Å². The van der Waals surface area contributed by atoms with E-state index >= 15 is 0 Å². The van der Waals surface area contributed by atoms with Crippen LogP contribution in [0.25, 0.3) is 0 Å². The molecule has 3 heterocycles. The Bertz CT molecular complexity index is 945. The summed E-state index contributed by atoms with van der Waals surface area (Å²) in [7, 11) is 0. The topological polar surface area (TPSA) is 110 Å². The number of carbonyl (C=O) groups excluding carboxylic acids is 2. The monoisotopic (exact) mass is 400 g/mol. The van der Waals surface area contributed by atoms with Crippen molar-refractivity contribution in [3.05, 3.63) is 45.9 Å². The van der Waals surface area contributed by atoms with Gasteiger partial charge >= 0.3 is 0 Å². The van der Waals surface area contributed by atoms with Crippen molar-refractivity contribution >= 4 is 44.8 Å². The number of rotatable bonds is 5. The van der Waals surface area contributed by atoms with Crippen molar-refractivity contribution in [1.29, 1.82) is 0 Å². The summed E-state index contributed by atoms with van der Waals surface area (Å²) in [5.41, 5.74) is 1.91.